The van der Waals surface area contributed by atoms with Gasteiger partial charge in [-0.1, -0.05) is 0 Å². The highest BCUT2D eigenvalue weighted by Crippen LogP contribution is 2.29. The molecule has 0 unspecified atom stereocenters. The summed E-state index contributed by atoms with van der Waals surface area (Å²) in [5.41, 5.74) is 3.87. The van der Waals surface area contributed by atoms with Gasteiger partial charge in [0.05, 0.1) is 5.69 Å². The van der Waals surface area contributed by atoms with E-state index in [9.17, 15) is 4.79 Å². The van der Waals surface area contributed by atoms with Crippen molar-refractivity contribution >= 4 is 28.6 Å². The molecule has 3 N–H and O–H groups in total. The van der Waals surface area contributed by atoms with E-state index in [-0.39, 0.29) is 5.91 Å². The molecule has 0 aromatic carbocycles. The van der Waals surface area contributed by atoms with E-state index in [1.807, 2.05) is 16.8 Å². The second-order valence-corrected chi connectivity index (χ2v) is 4.70. The van der Waals surface area contributed by atoms with Crippen LogP contribution in [0.5, 0.6) is 0 Å². The van der Waals surface area contributed by atoms with Crippen LogP contribution in [-0.2, 0) is 0 Å². The second-order valence-electron chi connectivity index (χ2n) is 2.92. The molecule has 0 atom stereocenters. The molecule has 6 heteroatoms. The molecule has 2 rings (SSSR count). The predicted molar refractivity (Wildman–Crippen MR) is 61.8 cm³/mol. The summed E-state index contributed by atoms with van der Waals surface area (Å²) >= 11 is 2.96. The number of rotatable bonds is 2. The monoisotopic (exact) mass is 239 g/mol. The molecular weight excluding hydrogens is 230 g/mol. The van der Waals surface area contributed by atoms with Crippen molar-refractivity contribution in [1.29, 1.82) is 0 Å². The fourth-order valence-electron chi connectivity index (χ4n) is 1.18. The van der Waals surface area contributed by atoms with Crippen molar-refractivity contribution in [3.8, 4) is 10.6 Å². The van der Waals surface area contributed by atoms with Crippen LogP contribution in [0.2, 0.25) is 0 Å². The Morgan fingerprint density at radius 1 is 1.60 bits per heavy atom. The number of hydrogen-bond donors (Lipinski definition) is 2. The Bertz CT molecular complexity index is 476. The van der Waals surface area contributed by atoms with Crippen molar-refractivity contribution in [2.75, 3.05) is 0 Å². The number of nitrogens with two attached hydrogens (primary N) is 1. The van der Waals surface area contributed by atoms with Crippen molar-refractivity contribution in [1.82, 2.24) is 10.4 Å². The summed E-state index contributed by atoms with van der Waals surface area (Å²) in [5.74, 6) is 4.80. The molecule has 1 amide bonds. The van der Waals surface area contributed by atoms with Crippen molar-refractivity contribution in [3.05, 3.63) is 27.4 Å². The largest absolute Gasteiger partial charge is 0.289 e. The maximum Gasteiger partial charge on any atom is 0.277 e. The lowest BCUT2D eigenvalue weighted by atomic mass is 10.3. The Labute approximate surface area is 94.7 Å². The van der Waals surface area contributed by atoms with Gasteiger partial charge in [0, 0.05) is 10.9 Å². The fourth-order valence-corrected chi connectivity index (χ4v) is 2.86. The van der Waals surface area contributed by atoms with Crippen molar-refractivity contribution in [2.45, 2.75) is 6.92 Å². The van der Waals surface area contributed by atoms with E-state index in [0.29, 0.717) is 10.6 Å². The maximum absolute atomic E-state index is 11.4. The highest BCUT2D eigenvalue weighted by molar-refractivity contribution is 7.17. The molecule has 0 aliphatic heterocycles. The van der Waals surface area contributed by atoms with Gasteiger partial charge in [-0.15, -0.1) is 11.3 Å². The molecular formula is C9H9N3OS2. The molecule has 0 fully saturated rings. The predicted octanol–water partition coefficient (Wildman–Crippen LogP) is 1.78. The van der Waals surface area contributed by atoms with Crippen molar-refractivity contribution in [2.24, 2.45) is 5.84 Å². The van der Waals surface area contributed by atoms with Crippen LogP contribution in [0.25, 0.3) is 10.6 Å². The Morgan fingerprint density at radius 3 is 3.00 bits per heavy atom. The second kappa shape index (κ2) is 4.09. The van der Waals surface area contributed by atoms with Crippen molar-refractivity contribution < 1.29 is 4.79 Å². The summed E-state index contributed by atoms with van der Waals surface area (Å²) in [6.07, 6.45) is 0. The number of thiophene rings is 1. The van der Waals surface area contributed by atoms with Crippen LogP contribution in [0.1, 0.15) is 15.4 Å². The van der Waals surface area contributed by atoms with Crippen LogP contribution in [0.4, 0.5) is 0 Å². The zero-order valence-corrected chi connectivity index (χ0v) is 9.61. The first-order chi connectivity index (χ1) is 7.22. The molecule has 2 aromatic rings. The number of nitrogens with one attached hydrogen (secondary N) is 1. The molecule has 0 bridgehead atoms. The summed E-state index contributed by atoms with van der Waals surface area (Å²) in [7, 11) is 0. The third-order valence-electron chi connectivity index (χ3n) is 1.90. The molecule has 78 valence electrons. The summed E-state index contributed by atoms with van der Waals surface area (Å²) in [6, 6.07) is 1.98. The van der Waals surface area contributed by atoms with E-state index in [0.717, 1.165) is 10.6 Å². The first-order valence-electron chi connectivity index (χ1n) is 4.23. The van der Waals surface area contributed by atoms with Crippen molar-refractivity contribution in [3.63, 3.8) is 0 Å². The Kier molecular flexibility index (Phi) is 2.81. The smallest absolute Gasteiger partial charge is 0.277 e. The Morgan fingerprint density at radius 2 is 2.40 bits per heavy atom. The number of nitrogens with zero attached hydrogens (tertiary/aromatic N) is 1. The van der Waals surface area contributed by atoms with Gasteiger partial charge in [0.25, 0.3) is 5.91 Å². The number of hydrogen-bond acceptors (Lipinski definition) is 5. The molecule has 0 aliphatic rings. The molecule has 0 saturated carbocycles. The van der Waals surface area contributed by atoms with Crippen LogP contribution in [0, 0.1) is 6.92 Å². The number of thiazole rings is 1. The molecule has 0 saturated heterocycles. The zero-order valence-electron chi connectivity index (χ0n) is 7.98. The molecule has 2 aromatic heterocycles. The number of carbonyl (C=O) groups excluding carboxylic acids is 1. The number of aryl methyl sites for hydroxylation is 1. The summed E-state index contributed by atoms with van der Waals surface area (Å²) in [5, 5.41) is 4.84. The average molecular weight is 239 g/mol. The molecule has 15 heavy (non-hydrogen) atoms. The quantitative estimate of drug-likeness (QED) is 0.477. The van der Waals surface area contributed by atoms with E-state index in [4.69, 9.17) is 5.84 Å². The number of hydrazine groups is 1. The number of carbonyl (C=O) groups is 1. The standard InChI is InChI=1S/C9H9N3OS2/c1-5-7(8(13)12-10)15-9(11-5)6-2-3-14-4-6/h2-4H,10H2,1H3,(H,12,13). The Hall–Kier alpha value is -1.24. The molecule has 0 aliphatic carbocycles. The van der Waals surface area contributed by atoms with Crippen LogP contribution in [0.3, 0.4) is 0 Å². The van der Waals surface area contributed by atoms with Gasteiger partial charge < -0.3 is 0 Å². The summed E-state index contributed by atoms with van der Waals surface area (Å²) in [6.45, 7) is 1.80. The van der Waals surface area contributed by atoms with Gasteiger partial charge in [-0.3, -0.25) is 10.2 Å². The molecule has 0 radical (unpaired) electrons. The lowest BCUT2D eigenvalue weighted by molar-refractivity contribution is 0.0957. The Balaban J connectivity index is 2.41. The van der Waals surface area contributed by atoms with E-state index < -0.39 is 0 Å². The number of amides is 1. The molecule has 4 nitrogen and oxygen atoms in total. The van der Waals surface area contributed by atoms with E-state index in [2.05, 4.69) is 10.4 Å². The SMILES string of the molecule is Cc1nc(-c2ccsc2)sc1C(=O)NN. The highest BCUT2D eigenvalue weighted by atomic mass is 32.1. The highest BCUT2D eigenvalue weighted by Gasteiger charge is 2.14. The lowest BCUT2D eigenvalue weighted by Crippen LogP contribution is -2.29. The van der Waals surface area contributed by atoms with Crippen LogP contribution in [0.15, 0.2) is 16.8 Å². The maximum atomic E-state index is 11.4. The molecule has 2 heterocycles. The van der Waals surface area contributed by atoms with Gasteiger partial charge in [-0.05, 0) is 18.4 Å². The summed E-state index contributed by atoms with van der Waals surface area (Å²) < 4.78 is 0. The number of aromatic nitrogens is 1. The fraction of sp³-hybridized carbons (Fsp3) is 0.111. The first-order valence-corrected chi connectivity index (χ1v) is 5.99. The normalized spacial score (nSPS) is 10.3. The zero-order chi connectivity index (χ0) is 10.8. The van der Waals surface area contributed by atoms with Gasteiger partial charge in [-0.2, -0.15) is 11.3 Å². The van der Waals surface area contributed by atoms with Gasteiger partial charge >= 0.3 is 0 Å². The van der Waals surface area contributed by atoms with Crippen LogP contribution >= 0.6 is 22.7 Å². The van der Waals surface area contributed by atoms with Gasteiger partial charge in [0.2, 0.25) is 0 Å². The average Bonchev–Trinajstić information content (AvgIpc) is 2.84. The molecule has 0 spiro atoms. The minimum atomic E-state index is -0.286. The lowest BCUT2D eigenvalue weighted by Gasteiger charge is -1.93. The minimum Gasteiger partial charge on any atom is -0.289 e. The van der Waals surface area contributed by atoms with E-state index >= 15 is 0 Å². The van der Waals surface area contributed by atoms with Gasteiger partial charge in [0.1, 0.15) is 9.88 Å². The third kappa shape index (κ3) is 1.92. The van der Waals surface area contributed by atoms with Gasteiger partial charge in [0.15, 0.2) is 0 Å². The van der Waals surface area contributed by atoms with Crippen LogP contribution < -0.4 is 11.3 Å². The van der Waals surface area contributed by atoms with Gasteiger partial charge in [-0.25, -0.2) is 10.8 Å². The van der Waals surface area contributed by atoms with Crippen LogP contribution in [-0.4, -0.2) is 10.9 Å². The number of nitrogen functional groups attached to an aromatic ring is 1. The van der Waals surface area contributed by atoms with E-state index in [1.54, 1.807) is 18.3 Å². The minimum absolute atomic E-state index is 0.286. The first kappa shape index (κ1) is 10.3. The van der Waals surface area contributed by atoms with E-state index in [1.165, 1.54) is 11.3 Å². The summed E-state index contributed by atoms with van der Waals surface area (Å²) in [4.78, 5) is 16.3. The topological polar surface area (TPSA) is 68.0 Å². The third-order valence-corrected chi connectivity index (χ3v) is 3.79.